The Bertz CT molecular complexity index is 874. The molecule has 0 saturated carbocycles. The van der Waals surface area contributed by atoms with Crippen molar-refractivity contribution < 1.29 is 19.3 Å². The van der Waals surface area contributed by atoms with E-state index in [-0.39, 0.29) is 0 Å². The highest BCUT2D eigenvalue weighted by atomic mass is 16.5. The van der Waals surface area contributed by atoms with E-state index >= 15 is 0 Å². The summed E-state index contributed by atoms with van der Waals surface area (Å²) in [6.07, 6.45) is 1.49. The molecule has 2 aliphatic heterocycles. The van der Waals surface area contributed by atoms with Crippen molar-refractivity contribution in [1.82, 2.24) is 9.80 Å². The molecule has 6 heteroatoms. The van der Waals surface area contributed by atoms with E-state index < -0.39 is 5.60 Å². The number of aryl methyl sites for hydroxylation is 1. The lowest BCUT2D eigenvalue weighted by Gasteiger charge is -2.38. The average Bonchev–Trinajstić information content (AvgIpc) is 2.82. The largest absolute Gasteiger partial charge is 0.493 e. The normalized spacial score (nSPS) is 19.6. The second-order valence-corrected chi connectivity index (χ2v) is 8.96. The van der Waals surface area contributed by atoms with Crippen LogP contribution in [0.2, 0.25) is 0 Å². The summed E-state index contributed by atoms with van der Waals surface area (Å²) in [5.41, 5.74) is 2.71. The first-order valence-electron chi connectivity index (χ1n) is 11.7. The summed E-state index contributed by atoms with van der Waals surface area (Å²) in [7, 11) is 1.69. The predicted octanol–water partition coefficient (Wildman–Crippen LogP) is 3.20. The van der Waals surface area contributed by atoms with E-state index in [0.717, 1.165) is 82.4 Å². The van der Waals surface area contributed by atoms with Crippen LogP contribution in [0, 0.1) is 6.92 Å². The minimum absolute atomic E-state index is 0.638. The van der Waals surface area contributed by atoms with Crippen LogP contribution in [-0.4, -0.2) is 74.6 Å². The number of benzene rings is 2. The summed E-state index contributed by atoms with van der Waals surface area (Å²) >= 11 is 0. The summed E-state index contributed by atoms with van der Waals surface area (Å²) in [5, 5.41) is 11.2. The zero-order valence-corrected chi connectivity index (χ0v) is 19.4. The lowest BCUT2D eigenvalue weighted by atomic mass is 9.84. The number of methoxy groups -OCH3 is 1. The van der Waals surface area contributed by atoms with Gasteiger partial charge < -0.3 is 19.3 Å². The summed E-state index contributed by atoms with van der Waals surface area (Å²) in [5.74, 6) is 1.56. The molecule has 2 aromatic rings. The third-order valence-electron chi connectivity index (χ3n) is 6.64. The molecule has 6 nitrogen and oxygen atoms in total. The quantitative estimate of drug-likeness (QED) is 0.680. The number of nitrogens with zero attached hydrogens (tertiary/aromatic N) is 2. The first kappa shape index (κ1) is 23.1. The molecule has 0 aromatic heterocycles. The van der Waals surface area contributed by atoms with Crippen molar-refractivity contribution in [2.75, 3.05) is 59.7 Å². The molecule has 174 valence electrons. The van der Waals surface area contributed by atoms with Crippen LogP contribution in [0.25, 0.3) is 0 Å². The van der Waals surface area contributed by atoms with Crippen molar-refractivity contribution in [2.45, 2.75) is 31.9 Å². The third kappa shape index (κ3) is 5.81. The molecular formula is C26H36N2O4. The summed E-state index contributed by atoms with van der Waals surface area (Å²) in [4.78, 5) is 4.76. The van der Waals surface area contributed by atoms with Gasteiger partial charge in [-0.1, -0.05) is 35.9 Å². The second kappa shape index (κ2) is 10.7. The molecule has 2 fully saturated rings. The van der Waals surface area contributed by atoms with Gasteiger partial charge in [0, 0.05) is 39.3 Å². The maximum atomic E-state index is 11.2. The van der Waals surface area contributed by atoms with Crippen LogP contribution >= 0.6 is 0 Å². The number of aliphatic hydroxyl groups is 1. The monoisotopic (exact) mass is 440 g/mol. The van der Waals surface area contributed by atoms with Crippen LogP contribution in [0.4, 0.5) is 0 Å². The van der Waals surface area contributed by atoms with Crippen molar-refractivity contribution in [3.05, 3.63) is 59.2 Å². The number of hydrogen-bond acceptors (Lipinski definition) is 6. The van der Waals surface area contributed by atoms with Gasteiger partial charge in [0.1, 0.15) is 6.61 Å². The van der Waals surface area contributed by atoms with E-state index in [9.17, 15) is 5.11 Å². The van der Waals surface area contributed by atoms with Crippen LogP contribution in [0.15, 0.2) is 42.5 Å². The second-order valence-electron chi connectivity index (χ2n) is 8.96. The fourth-order valence-corrected chi connectivity index (χ4v) is 4.60. The molecule has 1 N–H and O–H groups in total. The molecule has 0 radical (unpaired) electrons. The van der Waals surface area contributed by atoms with Crippen molar-refractivity contribution >= 4 is 0 Å². The number of piperidine rings is 1. The Morgan fingerprint density at radius 2 is 1.75 bits per heavy atom. The van der Waals surface area contributed by atoms with Crippen molar-refractivity contribution in [3.8, 4) is 11.5 Å². The van der Waals surface area contributed by atoms with Crippen molar-refractivity contribution in [1.29, 1.82) is 0 Å². The van der Waals surface area contributed by atoms with E-state index in [0.29, 0.717) is 6.61 Å². The topological polar surface area (TPSA) is 54.4 Å². The van der Waals surface area contributed by atoms with Crippen molar-refractivity contribution in [2.24, 2.45) is 0 Å². The Balaban J connectivity index is 1.30. The van der Waals surface area contributed by atoms with Crippen LogP contribution in [-0.2, 0) is 16.9 Å². The highest BCUT2D eigenvalue weighted by Gasteiger charge is 2.34. The smallest absolute Gasteiger partial charge is 0.161 e. The minimum Gasteiger partial charge on any atom is -0.493 e. The van der Waals surface area contributed by atoms with Crippen LogP contribution < -0.4 is 9.47 Å². The van der Waals surface area contributed by atoms with Crippen LogP contribution in [0.3, 0.4) is 0 Å². The Morgan fingerprint density at radius 3 is 2.47 bits per heavy atom. The standard InChI is InChI=1S/C26H36N2O4/c1-21-4-3-5-23(18-21)26(29)8-10-28(11-9-26)20-22-6-7-24(25(19-22)30-2)32-17-14-27-12-15-31-16-13-27/h3-7,18-19,29H,8-17,20H2,1-2H3. The molecule has 0 spiro atoms. The molecule has 2 heterocycles. The van der Waals surface area contributed by atoms with Gasteiger partial charge in [-0.3, -0.25) is 9.80 Å². The first-order valence-corrected chi connectivity index (χ1v) is 11.7. The van der Waals surface area contributed by atoms with Gasteiger partial charge in [0.05, 0.1) is 25.9 Å². The fraction of sp³-hybridized carbons (Fsp3) is 0.538. The first-order chi connectivity index (χ1) is 15.6. The maximum Gasteiger partial charge on any atom is 0.161 e. The molecule has 2 aromatic carbocycles. The van der Waals surface area contributed by atoms with Gasteiger partial charge in [-0.25, -0.2) is 0 Å². The third-order valence-corrected chi connectivity index (χ3v) is 6.64. The summed E-state index contributed by atoms with van der Waals surface area (Å²) < 4.78 is 17.0. The van der Waals surface area contributed by atoms with Crippen LogP contribution in [0.5, 0.6) is 11.5 Å². The molecular weight excluding hydrogens is 404 g/mol. The lowest BCUT2D eigenvalue weighted by Crippen LogP contribution is -2.42. The van der Waals surface area contributed by atoms with E-state index in [1.807, 2.05) is 18.2 Å². The Morgan fingerprint density at radius 1 is 0.969 bits per heavy atom. The molecule has 2 aliphatic rings. The maximum absolute atomic E-state index is 11.2. The SMILES string of the molecule is COc1cc(CN2CCC(O)(c3cccc(C)c3)CC2)ccc1OCCN1CCOCC1. The number of hydrogen-bond donors (Lipinski definition) is 1. The van der Waals surface area contributed by atoms with E-state index in [4.69, 9.17) is 14.2 Å². The van der Waals surface area contributed by atoms with Gasteiger partial charge in [-0.05, 0) is 43.0 Å². The van der Waals surface area contributed by atoms with Gasteiger partial charge >= 0.3 is 0 Å². The Labute approximate surface area is 191 Å². The number of rotatable bonds is 8. The Hall–Kier alpha value is -2.12. The lowest BCUT2D eigenvalue weighted by molar-refractivity contribution is -0.0277. The van der Waals surface area contributed by atoms with Crippen LogP contribution in [0.1, 0.15) is 29.5 Å². The van der Waals surface area contributed by atoms with Gasteiger partial charge in [0.15, 0.2) is 11.5 Å². The van der Waals surface area contributed by atoms with E-state index in [2.05, 4.69) is 41.0 Å². The number of likely N-dealkylation sites (tertiary alicyclic amines) is 1. The molecule has 0 aliphatic carbocycles. The predicted molar refractivity (Wildman–Crippen MR) is 125 cm³/mol. The molecule has 32 heavy (non-hydrogen) atoms. The Kier molecular flexibility index (Phi) is 7.68. The zero-order valence-electron chi connectivity index (χ0n) is 19.4. The van der Waals surface area contributed by atoms with E-state index in [1.54, 1.807) is 7.11 Å². The van der Waals surface area contributed by atoms with Gasteiger partial charge in [-0.2, -0.15) is 0 Å². The summed E-state index contributed by atoms with van der Waals surface area (Å²) in [6.45, 7) is 9.72. The fourth-order valence-electron chi connectivity index (χ4n) is 4.60. The minimum atomic E-state index is -0.724. The summed E-state index contributed by atoms with van der Waals surface area (Å²) in [6, 6.07) is 14.5. The average molecular weight is 441 g/mol. The molecule has 4 rings (SSSR count). The van der Waals surface area contributed by atoms with Gasteiger partial charge in [-0.15, -0.1) is 0 Å². The van der Waals surface area contributed by atoms with Crippen molar-refractivity contribution in [3.63, 3.8) is 0 Å². The number of morpholine rings is 1. The van der Waals surface area contributed by atoms with Gasteiger partial charge in [0.2, 0.25) is 0 Å². The molecule has 0 bridgehead atoms. The van der Waals surface area contributed by atoms with E-state index in [1.165, 1.54) is 11.1 Å². The highest BCUT2D eigenvalue weighted by Crippen LogP contribution is 2.34. The number of ether oxygens (including phenoxy) is 3. The zero-order chi connectivity index (χ0) is 22.4. The molecule has 0 unspecified atom stereocenters. The highest BCUT2D eigenvalue weighted by molar-refractivity contribution is 5.43. The van der Waals surface area contributed by atoms with Gasteiger partial charge in [0.25, 0.3) is 0 Å². The molecule has 0 amide bonds. The molecule has 2 saturated heterocycles. The molecule has 0 atom stereocenters.